The van der Waals surface area contributed by atoms with Crippen LogP contribution in [0.1, 0.15) is 30.2 Å². The summed E-state index contributed by atoms with van der Waals surface area (Å²) in [6.07, 6.45) is 4.34. The van der Waals surface area contributed by atoms with E-state index in [0.29, 0.717) is 5.92 Å². The van der Waals surface area contributed by atoms with Crippen molar-refractivity contribution in [2.24, 2.45) is 11.7 Å². The summed E-state index contributed by atoms with van der Waals surface area (Å²) in [5, 5.41) is 0. The van der Waals surface area contributed by atoms with Crippen molar-refractivity contribution in [1.29, 1.82) is 0 Å². The Hall–Kier alpha value is -0.760. The molecule has 1 heterocycles. The zero-order chi connectivity index (χ0) is 7.84. The second-order valence-corrected chi connectivity index (χ2v) is 3.35. The summed E-state index contributed by atoms with van der Waals surface area (Å²) in [5.41, 5.74) is 7.11. The van der Waals surface area contributed by atoms with Crippen molar-refractivity contribution >= 4 is 0 Å². The van der Waals surface area contributed by atoms with Gasteiger partial charge < -0.3 is 10.2 Å². The number of rotatable bonds is 2. The molecule has 1 atom stereocenters. The molecule has 1 aromatic heterocycles. The molecule has 2 heteroatoms. The molecule has 2 nitrogen and oxygen atoms in total. The lowest BCUT2D eigenvalue weighted by atomic mass is 10.1. The van der Waals surface area contributed by atoms with Crippen LogP contribution in [-0.2, 0) is 0 Å². The third kappa shape index (κ3) is 1.31. The highest BCUT2D eigenvalue weighted by atomic mass is 16.3. The van der Waals surface area contributed by atoms with Gasteiger partial charge in [0.25, 0.3) is 0 Å². The number of nitrogens with two attached hydrogens (primary N) is 1. The molecule has 1 aromatic rings. The van der Waals surface area contributed by atoms with Gasteiger partial charge in [0.05, 0.1) is 6.26 Å². The fourth-order valence-corrected chi connectivity index (χ4v) is 1.37. The normalized spacial score (nSPS) is 20.2. The fraction of sp³-hybridized carbons (Fsp3) is 0.556. The molecule has 0 amide bonds. The van der Waals surface area contributed by atoms with E-state index in [1.165, 1.54) is 12.8 Å². The minimum absolute atomic E-state index is 0.215. The maximum atomic E-state index is 5.95. The lowest BCUT2D eigenvalue weighted by molar-refractivity contribution is 0.524. The third-order valence-corrected chi connectivity index (χ3v) is 2.27. The first-order valence-corrected chi connectivity index (χ1v) is 4.08. The summed E-state index contributed by atoms with van der Waals surface area (Å²) in [6, 6.07) is 2.25. The van der Waals surface area contributed by atoms with Gasteiger partial charge in [0.1, 0.15) is 5.76 Å². The van der Waals surface area contributed by atoms with E-state index in [4.69, 9.17) is 10.2 Å². The Balaban J connectivity index is 2.14. The van der Waals surface area contributed by atoms with Crippen LogP contribution >= 0.6 is 0 Å². The molecule has 0 saturated heterocycles. The largest absolute Gasteiger partial charge is 0.469 e. The molecule has 1 saturated carbocycles. The zero-order valence-corrected chi connectivity index (χ0v) is 6.71. The van der Waals surface area contributed by atoms with Crippen LogP contribution in [0.15, 0.2) is 16.7 Å². The predicted molar refractivity (Wildman–Crippen MR) is 43.1 cm³/mol. The van der Waals surface area contributed by atoms with E-state index >= 15 is 0 Å². The quantitative estimate of drug-likeness (QED) is 0.702. The van der Waals surface area contributed by atoms with Crippen LogP contribution in [0.5, 0.6) is 0 Å². The summed E-state index contributed by atoms with van der Waals surface area (Å²) in [6.45, 7) is 1.95. The molecule has 0 spiro atoms. The minimum atomic E-state index is 0.215. The molecule has 0 unspecified atom stereocenters. The van der Waals surface area contributed by atoms with Crippen LogP contribution in [0.2, 0.25) is 0 Å². The number of hydrogen-bond acceptors (Lipinski definition) is 2. The van der Waals surface area contributed by atoms with Gasteiger partial charge in [-0.15, -0.1) is 0 Å². The van der Waals surface area contributed by atoms with Gasteiger partial charge in [0, 0.05) is 11.6 Å². The first-order chi connectivity index (χ1) is 5.27. The average molecular weight is 151 g/mol. The van der Waals surface area contributed by atoms with Crippen molar-refractivity contribution in [2.75, 3.05) is 0 Å². The molecular formula is C9H13NO. The Morgan fingerprint density at radius 2 is 2.36 bits per heavy atom. The highest BCUT2D eigenvalue weighted by molar-refractivity contribution is 5.18. The molecule has 2 N–H and O–H groups in total. The first kappa shape index (κ1) is 6.92. The molecule has 2 rings (SSSR count). The summed E-state index contributed by atoms with van der Waals surface area (Å²) >= 11 is 0. The van der Waals surface area contributed by atoms with Crippen molar-refractivity contribution < 1.29 is 4.42 Å². The van der Waals surface area contributed by atoms with Gasteiger partial charge >= 0.3 is 0 Å². The van der Waals surface area contributed by atoms with E-state index < -0.39 is 0 Å². The van der Waals surface area contributed by atoms with E-state index in [2.05, 4.69) is 0 Å². The lowest BCUT2D eigenvalue weighted by Crippen LogP contribution is -2.10. The van der Waals surface area contributed by atoms with Crippen molar-refractivity contribution in [2.45, 2.75) is 25.8 Å². The van der Waals surface area contributed by atoms with E-state index in [-0.39, 0.29) is 6.04 Å². The SMILES string of the molecule is Cc1cc([C@@H](N)C2CC2)co1. The molecule has 0 bridgehead atoms. The van der Waals surface area contributed by atoms with Gasteiger partial charge in [-0.05, 0) is 31.7 Å². The van der Waals surface area contributed by atoms with Crippen LogP contribution in [-0.4, -0.2) is 0 Å². The molecule has 0 radical (unpaired) electrons. The van der Waals surface area contributed by atoms with Crippen LogP contribution < -0.4 is 5.73 Å². The number of hydrogen-bond donors (Lipinski definition) is 1. The van der Waals surface area contributed by atoms with E-state index in [1.807, 2.05) is 13.0 Å². The Bertz CT molecular complexity index is 250. The Morgan fingerprint density at radius 1 is 1.64 bits per heavy atom. The Labute approximate surface area is 66.4 Å². The monoisotopic (exact) mass is 151 g/mol. The van der Waals surface area contributed by atoms with Crippen molar-refractivity contribution in [3.8, 4) is 0 Å². The zero-order valence-electron chi connectivity index (χ0n) is 6.71. The second-order valence-electron chi connectivity index (χ2n) is 3.35. The van der Waals surface area contributed by atoms with Crippen molar-refractivity contribution in [3.05, 3.63) is 23.7 Å². The maximum absolute atomic E-state index is 5.95. The predicted octanol–water partition coefficient (Wildman–Crippen LogP) is 2.00. The van der Waals surface area contributed by atoms with Crippen molar-refractivity contribution in [3.63, 3.8) is 0 Å². The van der Waals surface area contributed by atoms with Gasteiger partial charge in [-0.3, -0.25) is 0 Å². The highest BCUT2D eigenvalue weighted by Crippen LogP contribution is 2.39. The number of furan rings is 1. The summed E-state index contributed by atoms with van der Waals surface area (Å²) < 4.78 is 5.18. The first-order valence-electron chi connectivity index (χ1n) is 4.08. The van der Waals surface area contributed by atoms with Crippen LogP contribution in [0.25, 0.3) is 0 Å². The summed E-state index contributed by atoms with van der Waals surface area (Å²) in [5.74, 6) is 1.67. The van der Waals surface area contributed by atoms with E-state index in [0.717, 1.165) is 11.3 Å². The Kier molecular flexibility index (Phi) is 1.50. The topological polar surface area (TPSA) is 39.2 Å². The molecule has 11 heavy (non-hydrogen) atoms. The highest BCUT2D eigenvalue weighted by Gasteiger charge is 2.30. The van der Waals surface area contributed by atoms with Gasteiger partial charge in [0.2, 0.25) is 0 Å². The average Bonchev–Trinajstić information content (AvgIpc) is 2.74. The third-order valence-electron chi connectivity index (χ3n) is 2.27. The molecule has 60 valence electrons. The lowest BCUT2D eigenvalue weighted by Gasteiger charge is -2.04. The van der Waals surface area contributed by atoms with Crippen molar-refractivity contribution in [1.82, 2.24) is 0 Å². The number of aryl methyl sites for hydroxylation is 1. The van der Waals surface area contributed by atoms with Gasteiger partial charge in [-0.25, -0.2) is 0 Å². The smallest absolute Gasteiger partial charge is 0.101 e. The fourth-order valence-electron chi connectivity index (χ4n) is 1.37. The van der Waals surface area contributed by atoms with Crippen LogP contribution in [0.3, 0.4) is 0 Å². The van der Waals surface area contributed by atoms with Crippen LogP contribution in [0.4, 0.5) is 0 Å². The Morgan fingerprint density at radius 3 is 2.82 bits per heavy atom. The summed E-state index contributed by atoms with van der Waals surface area (Å²) in [7, 11) is 0. The second kappa shape index (κ2) is 2.38. The molecule has 0 aromatic carbocycles. The van der Waals surface area contributed by atoms with Crippen LogP contribution in [0, 0.1) is 12.8 Å². The minimum Gasteiger partial charge on any atom is -0.469 e. The standard InChI is InChI=1S/C9H13NO/c1-6-4-8(5-11-6)9(10)7-2-3-7/h4-5,7,9H,2-3,10H2,1H3/t9-/m0/s1. The van der Waals surface area contributed by atoms with E-state index in [1.54, 1.807) is 6.26 Å². The van der Waals surface area contributed by atoms with Gasteiger partial charge in [0.15, 0.2) is 0 Å². The molecular weight excluding hydrogens is 138 g/mol. The summed E-state index contributed by atoms with van der Waals surface area (Å²) in [4.78, 5) is 0. The van der Waals surface area contributed by atoms with E-state index in [9.17, 15) is 0 Å². The molecule has 1 aliphatic rings. The van der Waals surface area contributed by atoms with Gasteiger partial charge in [-0.1, -0.05) is 0 Å². The molecule has 1 aliphatic carbocycles. The van der Waals surface area contributed by atoms with Gasteiger partial charge in [-0.2, -0.15) is 0 Å². The molecule has 1 fully saturated rings. The maximum Gasteiger partial charge on any atom is 0.101 e. The molecule has 0 aliphatic heterocycles.